The molecule has 0 aromatic carbocycles. The standard InChI is InChI=1S/C14H23N3O4/c1-9-11(10(2)17(3)16-9)8-13(18)15-12(14(19)20)6-5-7-21-4/h12H,5-8H2,1-4H3,(H,15,18)(H,19,20). The van der Waals surface area contributed by atoms with Crippen molar-refractivity contribution >= 4 is 11.9 Å². The molecule has 118 valence electrons. The molecular weight excluding hydrogens is 274 g/mol. The van der Waals surface area contributed by atoms with Gasteiger partial charge in [0.1, 0.15) is 6.04 Å². The molecular formula is C14H23N3O4. The van der Waals surface area contributed by atoms with Crippen LogP contribution in [-0.2, 0) is 27.8 Å². The number of nitrogens with zero attached hydrogens (tertiary/aromatic N) is 2. The zero-order valence-corrected chi connectivity index (χ0v) is 13.0. The van der Waals surface area contributed by atoms with Crippen molar-refractivity contribution in [2.75, 3.05) is 13.7 Å². The minimum absolute atomic E-state index is 0.138. The maximum absolute atomic E-state index is 12.0. The van der Waals surface area contributed by atoms with Crippen molar-refractivity contribution in [2.24, 2.45) is 7.05 Å². The maximum Gasteiger partial charge on any atom is 0.326 e. The van der Waals surface area contributed by atoms with Crippen molar-refractivity contribution in [3.63, 3.8) is 0 Å². The highest BCUT2D eigenvalue weighted by molar-refractivity contribution is 5.85. The van der Waals surface area contributed by atoms with Gasteiger partial charge in [0.15, 0.2) is 0 Å². The van der Waals surface area contributed by atoms with Crippen LogP contribution in [-0.4, -0.2) is 46.5 Å². The first kappa shape index (κ1) is 17.2. The SMILES string of the molecule is COCCCC(NC(=O)Cc1c(C)nn(C)c1C)C(=O)O. The highest BCUT2D eigenvalue weighted by Gasteiger charge is 2.21. The van der Waals surface area contributed by atoms with Crippen LogP contribution in [0.2, 0.25) is 0 Å². The largest absolute Gasteiger partial charge is 0.480 e. The lowest BCUT2D eigenvalue weighted by molar-refractivity contribution is -0.142. The first-order valence-corrected chi connectivity index (χ1v) is 6.87. The molecule has 0 saturated carbocycles. The zero-order valence-electron chi connectivity index (χ0n) is 13.0. The Morgan fingerprint density at radius 2 is 2.10 bits per heavy atom. The fourth-order valence-corrected chi connectivity index (χ4v) is 2.17. The second-order valence-electron chi connectivity index (χ2n) is 5.04. The Morgan fingerprint density at radius 1 is 1.43 bits per heavy atom. The van der Waals surface area contributed by atoms with E-state index in [2.05, 4.69) is 10.4 Å². The summed E-state index contributed by atoms with van der Waals surface area (Å²) in [5, 5.41) is 15.9. The molecule has 0 aliphatic carbocycles. The van der Waals surface area contributed by atoms with Crippen LogP contribution >= 0.6 is 0 Å². The van der Waals surface area contributed by atoms with Gasteiger partial charge in [-0.15, -0.1) is 0 Å². The van der Waals surface area contributed by atoms with E-state index in [9.17, 15) is 9.59 Å². The first-order chi connectivity index (χ1) is 9.86. The number of aromatic nitrogens is 2. The number of methoxy groups -OCH3 is 1. The van der Waals surface area contributed by atoms with Crippen LogP contribution in [0.4, 0.5) is 0 Å². The average molecular weight is 297 g/mol. The molecule has 0 fully saturated rings. The molecule has 7 heteroatoms. The third-order valence-electron chi connectivity index (χ3n) is 3.47. The van der Waals surface area contributed by atoms with Crippen LogP contribution in [0.5, 0.6) is 0 Å². The van der Waals surface area contributed by atoms with Gasteiger partial charge in [-0.3, -0.25) is 9.48 Å². The van der Waals surface area contributed by atoms with E-state index in [4.69, 9.17) is 9.84 Å². The molecule has 1 rings (SSSR count). The van der Waals surface area contributed by atoms with E-state index in [1.54, 1.807) is 11.8 Å². The minimum Gasteiger partial charge on any atom is -0.480 e. The molecule has 1 aromatic rings. The van der Waals surface area contributed by atoms with Crippen LogP contribution in [0.15, 0.2) is 0 Å². The van der Waals surface area contributed by atoms with Gasteiger partial charge in [0.2, 0.25) is 5.91 Å². The number of carbonyl (C=O) groups is 2. The predicted octanol–water partition coefficient (Wildman–Crippen LogP) is 0.575. The van der Waals surface area contributed by atoms with Gasteiger partial charge >= 0.3 is 5.97 Å². The fraction of sp³-hybridized carbons (Fsp3) is 0.643. The van der Waals surface area contributed by atoms with Crippen molar-refractivity contribution < 1.29 is 19.4 Å². The molecule has 1 aromatic heterocycles. The second kappa shape index (κ2) is 7.78. The van der Waals surface area contributed by atoms with Crippen LogP contribution in [0.25, 0.3) is 0 Å². The van der Waals surface area contributed by atoms with Gasteiger partial charge in [-0.25, -0.2) is 4.79 Å². The number of carboxylic acid groups (broad SMARTS) is 1. The lowest BCUT2D eigenvalue weighted by atomic mass is 10.1. The lowest BCUT2D eigenvalue weighted by Gasteiger charge is -2.14. The van der Waals surface area contributed by atoms with E-state index in [0.717, 1.165) is 17.0 Å². The molecule has 0 saturated heterocycles. The van der Waals surface area contributed by atoms with E-state index < -0.39 is 12.0 Å². The summed E-state index contributed by atoms with van der Waals surface area (Å²) in [6, 6.07) is -0.884. The summed E-state index contributed by atoms with van der Waals surface area (Å²) in [6.45, 7) is 4.19. The molecule has 0 spiro atoms. The summed E-state index contributed by atoms with van der Waals surface area (Å²) in [6.07, 6.45) is 1.07. The molecule has 2 N–H and O–H groups in total. The number of nitrogens with one attached hydrogen (secondary N) is 1. The minimum atomic E-state index is -1.03. The van der Waals surface area contributed by atoms with Gasteiger partial charge in [0.05, 0.1) is 12.1 Å². The molecule has 1 heterocycles. The van der Waals surface area contributed by atoms with E-state index in [-0.39, 0.29) is 12.3 Å². The molecule has 0 aliphatic rings. The number of amides is 1. The summed E-state index contributed by atoms with van der Waals surface area (Å²) >= 11 is 0. The normalized spacial score (nSPS) is 12.2. The number of carbonyl (C=O) groups excluding carboxylic acids is 1. The fourth-order valence-electron chi connectivity index (χ4n) is 2.17. The molecule has 0 radical (unpaired) electrons. The number of hydrogen-bond donors (Lipinski definition) is 2. The van der Waals surface area contributed by atoms with Gasteiger partial charge in [0, 0.05) is 32.0 Å². The molecule has 0 aliphatic heterocycles. The number of aliphatic carboxylic acids is 1. The second-order valence-corrected chi connectivity index (χ2v) is 5.04. The molecule has 0 bridgehead atoms. The highest BCUT2D eigenvalue weighted by atomic mass is 16.5. The summed E-state index contributed by atoms with van der Waals surface area (Å²) in [4.78, 5) is 23.2. The topological polar surface area (TPSA) is 93.5 Å². The summed E-state index contributed by atoms with van der Waals surface area (Å²) in [5.74, 6) is -1.34. The monoisotopic (exact) mass is 297 g/mol. The van der Waals surface area contributed by atoms with E-state index >= 15 is 0 Å². The third-order valence-corrected chi connectivity index (χ3v) is 3.47. The van der Waals surface area contributed by atoms with E-state index in [1.807, 2.05) is 20.9 Å². The number of carboxylic acids is 1. The maximum atomic E-state index is 12.0. The molecule has 1 amide bonds. The Kier molecular flexibility index (Phi) is 6.36. The van der Waals surface area contributed by atoms with Crippen molar-refractivity contribution in [1.29, 1.82) is 0 Å². The van der Waals surface area contributed by atoms with Gasteiger partial charge < -0.3 is 15.2 Å². The van der Waals surface area contributed by atoms with E-state index in [1.165, 1.54) is 0 Å². The quantitative estimate of drug-likeness (QED) is 0.684. The van der Waals surface area contributed by atoms with Gasteiger partial charge in [0.25, 0.3) is 0 Å². The van der Waals surface area contributed by atoms with Crippen molar-refractivity contribution in [3.05, 3.63) is 17.0 Å². The predicted molar refractivity (Wildman–Crippen MR) is 77.1 cm³/mol. The van der Waals surface area contributed by atoms with Gasteiger partial charge in [-0.05, 0) is 26.7 Å². The Bertz CT molecular complexity index is 511. The smallest absolute Gasteiger partial charge is 0.326 e. The van der Waals surface area contributed by atoms with Crippen molar-refractivity contribution in [1.82, 2.24) is 15.1 Å². The van der Waals surface area contributed by atoms with E-state index in [0.29, 0.717) is 19.4 Å². The van der Waals surface area contributed by atoms with Crippen molar-refractivity contribution in [2.45, 2.75) is 39.2 Å². The van der Waals surface area contributed by atoms with Crippen LogP contribution in [0.3, 0.4) is 0 Å². The molecule has 7 nitrogen and oxygen atoms in total. The highest BCUT2D eigenvalue weighted by Crippen LogP contribution is 2.12. The van der Waals surface area contributed by atoms with Crippen molar-refractivity contribution in [3.8, 4) is 0 Å². The van der Waals surface area contributed by atoms with Crippen LogP contribution < -0.4 is 5.32 Å². The van der Waals surface area contributed by atoms with Gasteiger partial charge in [-0.2, -0.15) is 5.10 Å². The number of rotatable bonds is 8. The van der Waals surface area contributed by atoms with Crippen LogP contribution in [0.1, 0.15) is 29.8 Å². The Labute approximate surface area is 124 Å². The Balaban J connectivity index is 2.63. The average Bonchev–Trinajstić information content (AvgIpc) is 2.64. The molecule has 21 heavy (non-hydrogen) atoms. The molecule has 1 unspecified atom stereocenters. The lowest BCUT2D eigenvalue weighted by Crippen LogP contribution is -2.41. The Hall–Kier alpha value is -1.89. The number of aryl methyl sites for hydroxylation is 2. The van der Waals surface area contributed by atoms with Gasteiger partial charge in [-0.1, -0.05) is 0 Å². The summed E-state index contributed by atoms with van der Waals surface area (Å²) in [5.41, 5.74) is 2.54. The third kappa shape index (κ3) is 4.86. The molecule has 1 atom stereocenters. The first-order valence-electron chi connectivity index (χ1n) is 6.87. The zero-order chi connectivity index (χ0) is 16.0. The number of ether oxygens (including phenoxy) is 1. The Morgan fingerprint density at radius 3 is 2.57 bits per heavy atom. The summed E-state index contributed by atoms with van der Waals surface area (Å²) < 4.78 is 6.60. The number of hydrogen-bond acceptors (Lipinski definition) is 4. The van der Waals surface area contributed by atoms with Crippen LogP contribution in [0, 0.1) is 13.8 Å². The summed E-state index contributed by atoms with van der Waals surface area (Å²) in [7, 11) is 3.37.